The first-order chi connectivity index (χ1) is 8.13. The van der Waals surface area contributed by atoms with Crippen molar-refractivity contribution < 1.29 is 21.9 Å². The van der Waals surface area contributed by atoms with Gasteiger partial charge in [0.1, 0.15) is 0 Å². The fraction of sp³-hybridized carbons (Fsp3) is 0.333. The summed E-state index contributed by atoms with van der Waals surface area (Å²) in [5.41, 5.74) is 0. The Bertz CT molecular complexity index is 622. The lowest BCUT2D eigenvalue weighted by Gasteiger charge is -2.09. The number of rotatable bonds is 5. The topological polar surface area (TPSA) is 127 Å². The number of aliphatic hydroxyl groups is 1. The Labute approximate surface area is 106 Å². The molecule has 1 atom stereocenters. The zero-order chi connectivity index (χ0) is 14.0. The van der Waals surface area contributed by atoms with Crippen LogP contribution in [-0.4, -0.2) is 34.6 Å². The molecular formula is C9H14N2O5S2. The number of hydrogen-bond donors (Lipinski definition) is 3. The molecule has 0 bridgehead atoms. The van der Waals surface area contributed by atoms with E-state index in [1.54, 1.807) is 0 Å². The van der Waals surface area contributed by atoms with E-state index < -0.39 is 26.2 Å². The lowest BCUT2D eigenvalue weighted by molar-refractivity contribution is 0.198. The van der Waals surface area contributed by atoms with Crippen LogP contribution in [0.15, 0.2) is 34.1 Å². The molecule has 0 amide bonds. The highest BCUT2D eigenvalue weighted by Crippen LogP contribution is 2.14. The highest BCUT2D eigenvalue weighted by Gasteiger charge is 2.17. The van der Waals surface area contributed by atoms with Crippen molar-refractivity contribution in [2.75, 3.05) is 6.54 Å². The maximum atomic E-state index is 11.8. The van der Waals surface area contributed by atoms with Crippen LogP contribution in [0.2, 0.25) is 0 Å². The second kappa shape index (κ2) is 5.33. The van der Waals surface area contributed by atoms with Crippen molar-refractivity contribution in [3.8, 4) is 0 Å². The maximum Gasteiger partial charge on any atom is 0.240 e. The van der Waals surface area contributed by atoms with Gasteiger partial charge in [-0.25, -0.2) is 26.7 Å². The molecule has 0 aliphatic carbocycles. The van der Waals surface area contributed by atoms with Crippen LogP contribution >= 0.6 is 0 Å². The fourth-order valence-electron chi connectivity index (χ4n) is 1.13. The van der Waals surface area contributed by atoms with E-state index in [9.17, 15) is 16.8 Å². The van der Waals surface area contributed by atoms with Gasteiger partial charge in [-0.15, -0.1) is 0 Å². The zero-order valence-electron chi connectivity index (χ0n) is 9.57. The third-order valence-electron chi connectivity index (χ3n) is 2.01. The Morgan fingerprint density at radius 2 is 1.83 bits per heavy atom. The van der Waals surface area contributed by atoms with Crippen molar-refractivity contribution >= 4 is 20.0 Å². The predicted molar refractivity (Wildman–Crippen MR) is 64.7 cm³/mol. The van der Waals surface area contributed by atoms with Crippen molar-refractivity contribution in [3.63, 3.8) is 0 Å². The summed E-state index contributed by atoms with van der Waals surface area (Å²) in [4.78, 5) is -0.517. The summed E-state index contributed by atoms with van der Waals surface area (Å²) in [6.45, 7) is 1.26. The number of aliphatic hydroxyl groups excluding tert-OH is 1. The molecule has 0 aromatic heterocycles. The molecule has 1 rings (SSSR count). The monoisotopic (exact) mass is 294 g/mol. The van der Waals surface area contributed by atoms with Crippen molar-refractivity contribution in [2.24, 2.45) is 5.14 Å². The molecule has 0 saturated heterocycles. The zero-order valence-corrected chi connectivity index (χ0v) is 11.2. The summed E-state index contributed by atoms with van der Waals surface area (Å²) < 4.78 is 47.9. The van der Waals surface area contributed by atoms with Gasteiger partial charge in [-0.05, 0) is 25.1 Å². The molecule has 0 unspecified atom stereocenters. The molecule has 9 heteroatoms. The van der Waals surface area contributed by atoms with Crippen molar-refractivity contribution in [1.82, 2.24) is 4.72 Å². The van der Waals surface area contributed by atoms with Gasteiger partial charge in [-0.1, -0.05) is 6.07 Å². The summed E-state index contributed by atoms with van der Waals surface area (Å²) in [7, 11) is -7.83. The molecule has 0 saturated carbocycles. The number of primary sulfonamides is 1. The average Bonchev–Trinajstić information content (AvgIpc) is 2.26. The molecule has 1 aromatic carbocycles. The summed E-state index contributed by atoms with van der Waals surface area (Å²) in [6.07, 6.45) is -0.846. The third-order valence-corrected chi connectivity index (χ3v) is 4.35. The van der Waals surface area contributed by atoms with E-state index in [2.05, 4.69) is 4.72 Å². The largest absolute Gasteiger partial charge is 0.392 e. The first-order valence-electron chi connectivity index (χ1n) is 4.93. The standard InChI is InChI=1S/C9H14N2O5S2/c1-7(12)6-11-18(15,16)9-4-2-3-8(5-9)17(10,13)14/h2-5,7,11-12H,6H2,1H3,(H2,10,13,14)/t7-/m0/s1. The van der Waals surface area contributed by atoms with E-state index >= 15 is 0 Å². The van der Waals surface area contributed by atoms with Crippen molar-refractivity contribution in [1.29, 1.82) is 0 Å². The number of nitrogens with two attached hydrogens (primary N) is 1. The van der Waals surface area contributed by atoms with Gasteiger partial charge in [-0.2, -0.15) is 0 Å². The van der Waals surface area contributed by atoms with E-state index in [1.807, 2.05) is 0 Å². The molecule has 0 aliphatic rings. The summed E-state index contributed by atoms with van der Waals surface area (Å²) in [5, 5.41) is 13.9. The third kappa shape index (κ3) is 4.03. The molecule has 18 heavy (non-hydrogen) atoms. The number of hydrogen-bond acceptors (Lipinski definition) is 5. The second-order valence-corrected chi connectivity index (χ2v) is 7.05. The Morgan fingerprint density at radius 3 is 2.33 bits per heavy atom. The van der Waals surface area contributed by atoms with Crippen molar-refractivity contribution in [2.45, 2.75) is 22.8 Å². The van der Waals surface area contributed by atoms with Gasteiger partial charge >= 0.3 is 0 Å². The smallest absolute Gasteiger partial charge is 0.240 e. The van der Waals surface area contributed by atoms with Gasteiger partial charge < -0.3 is 5.11 Å². The van der Waals surface area contributed by atoms with Gasteiger partial charge in [0, 0.05) is 6.54 Å². The van der Waals surface area contributed by atoms with Crippen LogP contribution < -0.4 is 9.86 Å². The van der Waals surface area contributed by atoms with Gasteiger partial charge in [0.2, 0.25) is 20.0 Å². The molecule has 1 aromatic rings. The van der Waals surface area contributed by atoms with Crippen LogP contribution in [0.1, 0.15) is 6.92 Å². The fourth-order valence-corrected chi connectivity index (χ4v) is 2.93. The average molecular weight is 294 g/mol. The SMILES string of the molecule is C[C@H](O)CNS(=O)(=O)c1cccc(S(N)(=O)=O)c1. The molecule has 0 heterocycles. The Balaban J connectivity index is 3.11. The van der Waals surface area contributed by atoms with E-state index in [1.165, 1.54) is 25.1 Å². The normalized spacial score (nSPS) is 14.4. The first kappa shape index (κ1) is 15.1. The molecule has 0 fully saturated rings. The number of nitrogens with one attached hydrogen (secondary N) is 1. The maximum absolute atomic E-state index is 11.8. The van der Waals surface area contributed by atoms with Gasteiger partial charge in [0.05, 0.1) is 15.9 Å². The molecule has 0 aliphatic heterocycles. The Morgan fingerprint density at radius 1 is 1.28 bits per heavy atom. The Hall–Kier alpha value is -1.00. The predicted octanol–water partition coefficient (Wildman–Crippen LogP) is -1.01. The van der Waals surface area contributed by atoms with Crippen LogP contribution in [0, 0.1) is 0 Å². The van der Waals surface area contributed by atoms with Gasteiger partial charge in [0.15, 0.2) is 0 Å². The summed E-state index contributed by atoms with van der Waals surface area (Å²) >= 11 is 0. The van der Waals surface area contributed by atoms with Crippen LogP contribution in [0.3, 0.4) is 0 Å². The highest BCUT2D eigenvalue weighted by molar-refractivity contribution is 7.90. The molecule has 7 nitrogen and oxygen atoms in total. The minimum atomic E-state index is -3.96. The van der Waals surface area contributed by atoms with Gasteiger partial charge in [0.25, 0.3) is 0 Å². The Kier molecular flexibility index (Phi) is 4.46. The van der Waals surface area contributed by atoms with Crippen molar-refractivity contribution in [3.05, 3.63) is 24.3 Å². The highest BCUT2D eigenvalue weighted by atomic mass is 32.2. The number of benzene rings is 1. The van der Waals surface area contributed by atoms with Crippen LogP contribution in [0.5, 0.6) is 0 Å². The quantitative estimate of drug-likeness (QED) is 0.641. The second-order valence-electron chi connectivity index (χ2n) is 3.72. The first-order valence-corrected chi connectivity index (χ1v) is 7.96. The summed E-state index contributed by atoms with van der Waals surface area (Å²) in [6, 6.07) is 4.67. The minimum Gasteiger partial charge on any atom is -0.392 e. The van der Waals surface area contributed by atoms with Crippen LogP contribution in [-0.2, 0) is 20.0 Å². The molecule has 0 spiro atoms. The minimum absolute atomic E-state index is 0.165. The van der Waals surface area contributed by atoms with Crippen LogP contribution in [0.4, 0.5) is 0 Å². The van der Waals surface area contributed by atoms with E-state index in [0.29, 0.717) is 0 Å². The molecule has 102 valence electrons. The van der Waals surface area contributed by atoms with Crippen LogP contribution in [0.25, 0.3) is 0 Å². The number of sulfonamides is 2. The van der Waals surface area contributed by atoms with E-state index in [4.69, 9.17) is 10.2 Å². The van der Waals surface area contributed by atoms with E-state index in [0.717, 1.165) is 6.07 Å². The molecule has 4 N–H and O–H groups in total. The van der Waals surface area contributed by atoms with E-state index in [-0.39, 0.29) is 16.3 Å². The lowest BCUT2D eigenvalue weighted by Crippen LogP contribution is -2.30. The lowest BCUT2D eigenvalue weighted by atomic mass is 10.4. The molecule has 0 radical (unpaired) electrons. The molecular weight excluding hydrogens is 280 g/mol. The van der Waals surface area contributed by atoms with Gasteiger partial charge in [-0.3, -0.25) is 0 Å². The summed E-state index contributed by atoms with van der Waals surface area (Å²) in [5.74, 6) is 0.